The second-order valence-corrected chi connectivity index (χ2v) is 7.53. The average Bonchev–Trinajstić information content (AvgIpc) is 2.58. The first-order valence-corrected chi connectivity index (χ1v) is 9.60. The van der Waals surface area contributed by atoms with Crippen LogP contribution in [-0.4, -0.2) is 38.7 Å². The van der Waals surface area contributed by atoms with E-state index in [4.69, 9.17) is 5.11 Å². The van der Waals surface area contributed by atoms with Gasteiger partial charge in [-0.1, -0.05) is 26.0 Å². The van der Waals surface area contributed by atoms with Crippen molar-refractivity contribution in [2.45, 2.75) is 38.5 Å². The first-order chi connectivity index (χ1) is 12.4. The minimum atomic E-state index is -1.02. The fraction of sp³-hybridized carbons (Fsp3) is 0.444. The fourth-order valence-corrected chi connectivity index (χ4v) is 3.30. The van der Waals surface area contributed by atoms with Gasteiger partial charge in [0.25, 0.3) is 5.56 Å². The molecular formula is C18H23N3O4S. The molecule has 0 saturated heterocycles. The quantitative estimate of drug-likeness (QED) is 0.577. The van der Waals surface area contributed by atoms with E-state index >= 15 is 0 Å². The lowest BCUT2D eigenvalue weighted by atomic mass is 10.0. The highest BCUT2D eigenvalue weighted by Gasteiger charge is 2.20. The van der Waals surface area contributed by atoms with E-state index in [1.165, 1.54) is 11.8 Å². The number of amides is 1. The summed E-state index contributed by atoms with van der Waals surface area (Å²) in [5.41, 5.74) is 0.463. The van der Waals surface area contributed by atoms with Crippen LogP contribution in [0.1, 0.15) is 32.5 Å². The van der Waals surface area contributed by atoms with Gasteiger partial charge in [0.05, 0.1) is 16.7 Å². The normalized spacial score (nSPS) is 12.3. The van der Waals surface area contributed by atoms with E-state index < -0.39 is 12.0 Å². The van der Waals surface area contributed by atoms with Crippen molar-refractivity contribution in [2.24, 2.45) is 5.92 Å². The Balaban J connectivity index is 1.82. The van der Waals surface area contributed by atoms with Crippen LogP contribution in [0, 0.1) is 5.92 Å². The number of aliphatic carboxylic acids is 1. The van der Waals surface area contributed by atoms with Gasteiger partial charge in [-0.05, 0) is 24.5 Å². The summed E-state index contributed by atoms with van der Waals surface area (Å²) in [6.45, 7) is 3.82. The van der Waals surface area contributed by atoms with Gasteiger partial charge in [0.1, 0.15) is 11.9 Å². The van der Waals surface area contributed by atoms with Crippen molar-refractivity contribution in [2.75, 3.05) is 5.75 Å². The maximum absolute atomic E-state index is 12.0. The standard InChI is InChI=1S/C18H23N3O4S/c1-11(2)9-14(18(24)25)20-16(22)7-8-26-10-15-19-13-6-4-3-5-12(13)17(23)21-15/h3-6,11,14H,7-10H2,1-2H3,(H,20,22)(H,24,25)(H,19,21,23)/t14-/m0/s1. The number of thioether (sulfide) groups is 1. The lowest BCUT2D eigenvalue weighted by Crippen LogP contribution is -2.41. The molecule has 140 valence electrons. The Labute approximate surface area is 155 Å². The van der Waals surface area contributed by atoms with Gasteiger partial charge in [-0.3, -0.25) is 9.59 Å². The summed E-state index contributed by atoms with van der Waals surface area (Å²) in [7, 11) is 0. The Morgan fingerprint density at radius 2 is 2.04 bits per heavy atom. The van der Waals surface area contributed by atoms with Crippen molar-refractivity contribution in [1.82, 2.24) is 15.3 Å². The third-order valence-corrected chi connectivity index (χ3v) is 4.68. The number of carbonyl (C=O) groups excluding carboxylic acids is 1. The SMILES string of the molecule is CC(C)C[C@H](NC(=O)CCSCc1nc2ccccc2c(=O)[nH]1)C(=O)O. The van der Waals surface area contributed by atoms with E-state index in [-0.39, 0.29) is 23.8 Å². The smallest absolute Gasteiger partial charge is 0.326 e. The summed E-state index contributed by atoms with van der Waals surface area (Å²) in [6, 6.07) is 6.26. The summed E-state index contributed by atoms with van der Waals surface area (Å²) in [5, 5.41) is 12.2. The molecule has 1 aromatic heterocycles. The van der Waals surface area contributed by atoms with Crippen molar-refractivity contribution in [3.8, 4) is 0 Å². The van der Waals surface area contributed by atoms with Crippen molar-refractivity contribution >= 4 is 34.5 Å². The zero-order valence-corrected chi connectivity index (χ0v) is 15.6. The molecule has 0 aliphatic heterocycles. The lowest BCUT2D eigenvalue weighted by molar-refractivity contribution is -0.142. The lowest BCUT2D eigenvalue weighted by Gasteiger charge is -2.16. The van der Waals surface area contributed by atoms with Crippen LogP contribution in [-0.2, 0) is 15.3 Å². The van der Waals surface area contributed by atoms with Gasteiger partial charge >= 0.3 is 5.97 Å². The topological polar surface area (TPSA) is 112 Å². The molecule has 0 aliphatic rings. The minimum Gasteiger partial charge on any atom is -0.480 e. The average molecular weight is 377 g/mol. The molecule has 2 aromatic rings. The number of carboxylic acids is 1. The summed E-state index contributed by atoms with van der Waals surface area (Å²) < 4.78 is 0. The Hall–Kier alpha value is -2.35. The number of carboxylic acid groups (broad SMARTS) is 1. The number of hydrogen-bond acceptors (Lipinski definition) is 5. The monoisotopic (exact) mass is 377 g/mol. The van der Waals surface area contributed by atoms with E-state index in [1.54, 1.807) is 18.2 Å². The predicted molar refractivity (Wildman–Crippen MR) is 102 cm³/mol. The maximum atomic E-state index is 12.0. The van der Waals surface area contributed by atoms with E-state index in [2.05, 4.69) is 15.3 Å². The molecular weight excluding hydrogens is 354 g/mol. The number of fused-ring (bicyclic) bond motifs is 1. The second-order valence-electron chi connectivity index (χ2n) is 6.42. The van der Waals surface area contributed by atoms with E-state index in [0.29, 0.717) is 34.7 Å². The molecule has 8 heteroatoms. The van der Waals surface area contributed by atoms with Crippen LogP contribution in [0.5, 0.6) is 0 Å². The van der Waals surface area contributed by atoms with Crippen molar-refractivity contribution in [3.63, 3.8) is 0 Å². The van der Waals surface area contributed by atoms with E-state index in [0.717, 1.165) is 0 Å². The number of carbonyl (C=O) groups is 2. The number of para-hydroxylation sites is 1. The molecule has 1 amide bonds. The molecule has 0 aliphatic carbocycles. The summed E-state index contributed by atoms with van der Waals surface area (Å²) in [6.07, 6.45) is 0.612. The third kappa shape index (κ3) is 5.87. The maximum Gasteiger partial charge on any atom is 0.326 e. The number of H-pyrrole nitrogens is 1. The van der Waals surface area contributed by atoms with E-state index in [1.807, 2.05) is 19.9 Å². The van der Waals surface area contributed by atoms with Gasteiger partial charge in [0.2, 0.25) is 5.91 Å². The Bertz CT molecular complexity index is 835. The summed E-state index contributed by atoms with van der Waals surface area (Å²) in [5.74, 6) is 0.421. The minimum absolute atomic E-state index is 0.179. The molecule has 1 atom stereocenters. The predicted octanol–water partition coefficient (Wildman–Crippen LogP) is 2.16. The molecule has 0 saturated carbocycles. The molecule has 3 N–H and O–H groups in total. The zero-order valence-electron chi connectivity index (χ0n) is 14.8. The van der Waals surface area contributed by atoms with Crippen LogP contribution in [0.2, 0.25) is 0 Å². The molecule has 26 heavy (non-hydrogen) atoms. The molecule has 1 heterocycles. The van der Waals surface area contributed by atoms with E-state index in [9.17, 15) is 14.4 Å². The third-order valence-electron chi connectivity index (χ3n) is 3.71. The summed E-state index contributed by atoms with van der Waals surface area (Å²) >= 11 is 1.46. The molecule has 0 fully saturated rings. The highest BCUT2D eigenvalue weighted by atomic mass is 32.2. The number of aromatic amines is 1. The van der Waals surface area contributed by atoms with Gasteiger partial charge in [-0.25, -0.2) is 9.78 Å². The molecule has 0 unspecified atom stereocenters. The Kier molecular flexibility index (Phi) is 7.20. The number of benzene rings is 1. The number of nitrogens with zero attached hydrogens (tertiary/aromatic N) is 1. The fourth-order valence-electron chi connectivity index (χ4n) is 2.50. The molecule has 0 bridgehead atoms. The zero-order chi connectivity index (χ0) is 19.1. The van der Waals surface area contributed by atoms with Gasteiger partial charge in [-0.2, -0.15) is 11.8 Å². The Morgan fingerprint density at radius 3 is 2.73 bits per heavy atom. The molecule has 2 rings (SSSR count). The molecule has 0 radical (unpaired) electrons. The second kappa shape index (κ2) is 9.38. The largest absolute Gasteiger partial charge is 0.480 e. The number of rotatable bonds is 9. The molecule has 1 aromatic carbocycles. The van der Waals surface area contributed by atoms with Gasteiger partial charge in [-0.15, -0.1) is 0 Å². The summed E-state index contributed by atoms with van der Waals surface area (Å²) in [4.78, 5) is 42.2. The molecule has 0 spiro atoms. The van der Waals surface area contributed by atoms with Crippen molar-refractivity contribution < 1.29 is 14.7 Å². The van der Waals surface area contributed by atoms with Crippen molar-refractivity contribution in [3.05, 3.63) is 40.4 Å². The highest BCUT2D eigenvalue weighted by Crippen LogP contribution is 2.12. The number of hydrogen-bond donors (Lipinski definition) is 3. The van der Waals surface area contributed by atoms with Crippen LogP contribution in [0.25, 0.3) is 10.9 Å². The van der Waals surface area contributed by atoms with Gasteiger partial charge < -0.3 is 15.4 Å². The Morgan fingerprint density at radius 1 is 1.31 bits per heavy atom. The van der Waals surface area contributed by atoms with Crippen LogP contribution >= 0.6 is 11.8 Å². The van der Waals surface area contributed by atoms with Crippen LogP contribution in [0.3, 0.4) is 0 Å². The van der Waals surface area contributed by atoms with Gasteiger partial charge in [0.15, 0.2) is 0 Å². The highest BCUT2D eigenvalue weighted by molar-refractivity contribution is 7.98. The first-order valence-electron chi connectivity index (χ1n) is 8.44. The first kappa shape index (κ1) is 20.0. The van der Waals surface area contributed by atoms with Gasteiger partial charge in [0, 0.05) is 12.2 Å². The van der Waals surface area contributed by atoms with Crippen LogP contribution in [0.15, 0.2) is 29.1 Å². The van der Waals surface area contributed by atoms with Crippen LogP contribution in [0.4, 0.5) is 0 Å². The number of nitrogens with one attached hydrogen (secondary N) is 2. The van der Waals surface area contributed by atoms with Crippen LogP contribution < -0.4 is 10.9 Å². The van der Waals surface area contributed by atoms with Crippen molar-refractivity contribution in [1.29, 1.82) is 0 Å². The molecule has 7 nitrogen and oxygen atoms in total. The number of aromatic nitrogens is 2.